The molecule has 0 radical (unpaired) electrons. The molecule has 0 bridgehead atoms. The number of nitrogens with zero attached hydrogens (tertiary/aromatic N) is 1. The third-order valence-electron chi connectivity index (χ3n) is 4.79. The lowest BCUT2D eigenvalue weighted by Crippen LogP contribution is -2.47. The molecule has 1 saturated heterocycles. The summed E-state index contributed by atoms with van der Waals surface area (Å²) in [5, 5.41) is 0. The van der Waals surface area contributed by atoms with E-state index in [1.54, 1.807) is 0 Å². The molecule has 134 valence electrons. The monoisotopic (exact) mass is 343 g/mol. The summed E-state index contributed by atoms with van der Waals surface area (Å²) in [5.41, 5.74) is 1.37. The number of esters is 2. The summed E-state index contributed by atoms with van der Waals surface area (Å²) in [6.45, 7) is 2.11. The highest BCUT2D eigenvalue weighted by Crippen LogP contribution is 2.35. The van der Waals surface area contributed by atoms with Crippen molar-refractivity contribution in [2.45, 2.75) is 32.2 Å². The quantitative estimate of drug-likeness (QED) is 0.585. The molecule has 1 heterocycles. The Morgan fingerprint density at radius 3 is 2.60 bits per heavy atom. The molecule has 0 saturated carbocycles. The minimum Gasteiger partial charge on any atom is -0.469 e. The minimum absolute atomic E-state index is 0.238. The first-order chi connectivity index (χ1) is 12.0. The molecule has 1 aliphatic rings. The molecule has 1 unspecified atom stereocenters. The molecule has 1 aliphatic heterocycles. The normalized spacial score (nSPS) is 20.5. The number of carbonyl (C=O) groups excluding carboxylic acids is 2. The fourth-order valence-electron chi connectivity index (χ4n) is 3.51. The van der Waals surface area contributed by atoms with Gasteiger partial charge in [0.25, 0.3) is 0 Å². The van der Waals surface area contributed by atoms with Gasteiger partial charge in [-0.3, -0.25) is 14.5 Å². The van der Waals surface area contributed by atoms with Crippen LogP contribution in [0.5, 0.6) is 0 Å². The first-order valence-corrected chi connectivity index (χ1v) is 8.42. The van der Waals surface area contributed by atoms with E-state index in [1.807, 2.05) is 24.3 Å². The van der Waals surface area contributed by atoms with Gasteiger partial charge in [0, 0.05) is 19.5 Å². The number of rotatable bonds is 6. The van der Waals surface area contributed by atoms with Gasteiger partial charge in [-0.25, -0.2) is 0 Å². The van der Waals surface area contributed by atoms with E-state index in [9.17, 15) is 9.59 Å². The van der Waals surface area contributed by atoms with Gasteiger partial charge in [0.05, 0.1) is 26.1 Å². The van der Waals surface area contributed by atoms with Crippen LogP contribution in [0.3, 0.4) is 0 Å². The molecule has 0 aliphatic carbocycles. The van der Waals surface area contributed by atoms with Crippen molar-refractivity contribution in [1.29, 1.82) is 0 Å². The molecule has 0 aromatic heterocycles. The molecule has 1 aromatic rings. The van der Waals surface area contributed by atoms with Gasteiger partial charge in [-0.2, -0.15) is 0 Å². The van der Waals surface area contributed by atoms with Crippen molar-refractivity contribution >= 4 is 11.9 Å². The number of terminal acetylenes is 1. The summed E-state index contributed by atoms with van der Waals surface area (Å²) < 4.78 is 9.79. The number of benzene rings is 1. The van der Waals surface area contributed by atoms with Crippen LogP contribution >= 0.6 is 0 Å². The van der Waals surface area contributed by atoms with Gasteiger partial charge in [0.1, 0.15) is 0 Å². The Bertz CT molecular complexity index is 664. The van der Waals surface area contributed by atoms with E-state index in [4.69, 9.17) is 15.9 Å². The average Bonchev–Trinajstić information content (AvgIpc) is 2.63. The molecule has 2 rings (SSSR count). The van der Waals surface area contributed by atoms with Gasteiger partial charge in [-0.1, -0.05) is 24.3 Å². The lowest BCUT2D eigenvalue weighted by molar-refractivity contribution is -0.156. The maximum atomic E-state index is 12.3. The molecule has 0 spiro atoms. The highest BCUT2D eigenvalue weighted by Gasteiger charge is 2.42. The standard InChI is InChI=1S/C20H25NO4/c1-4-10-20(19(23)25-3)11-7-12-21(15-20)14-17-9-6-5-8-16(17)13-18(22)24-2/h1,5-6,8-9H,7,10-15H2,2-3H3. The van der Waals surface area contributed by atoms with Crippen LogP contribution in [0.1, 0.15) is 30.4 Å². The predicted octanol–water partition coefficient (Wildman–Crippen LogP) is 2.18. The summed E-state index contributed by atoms with van der Waals surface area (Å²) in [7, 11) is 2.80. The average molecular weight is 343 g/mol. The number of piperidine rings is 1. The Balaban J connectivity index is 2.16. The van der Waals surface area contributed by atoms with Gasteiger partial charge in [0.2, 0.25) is 0 Å². The predicted molar refractivity (Wildman–Crippen MR) is 94.6 cm³/mol. The number of ether oxygens (including phenoxy) is 2. The number of hydrogen-bond acceptors (Lipinski definition) is 5. The zero-order valence-electron chi connectivity index (χ0n) is 14.9. The van der Waals surface area contributed by atoms with Crippen molar-refractivity contribution in [2.75, 3.05) is 27.3 Å². The summed E-state index contributed by atoms with van der Waals surface area (Å²) in [6.07, 6.45) is 7.74. The molecule has 0 amide bonds. The first kappa shape index (κ1) is 19.0. The lowest BCUT2D eigenvalue weighted by Gasteiger charge is -2.40. The third kappa shape index (κ3) is 4.61. The highest BCUT2D eigenvalue weighted by atomic mass is 16.5. The Morgan fingerprint density at radius 2 is 1.96 bits per heavy atom. The molecule has 5 nitrogen and oxygen atoms in total. The van der Waals surface area contributed by atoms with Crippen molar-refractivity contribution in [3.8, 4) is 12.3 Å². The fourth-order valence-corrected chi connectivity index (χ4v) is 3.51. The van der Waals surface area contributed by atoms with Crippen molar-refractivity contribution in [3.63, 3.8) is 0 Å². The fraction of sp³-hybridized carbons (Fsp3) is 0.500. The summed E-state index contributed by atoms with van der Waals surface area (Å²) in [5.74, 6) is 2.13. The minimum atomic E-state index is -0.640. The molecule has 1 aromatic carbocycles. The van der Waals surface area contributed by atoms with Crippen LogP contribution in [-0.2, 0) is 32.0 Å². The Morgan fingerprint density at radius 1 is 1.24 bits per heavy atom. The smallest absolute Gasteiger partial charge is 0.314 e. The van der Waals surface area contributed by atoms with Crippen LogP contribution < -0.4 is 0 Å². The van der Waals surface area contributed by atoms with Crippen LogP contribution in [0.4, 0.5) is 0 Å². The second-order valence-corrected chi connectivity index (χ2v) is 6.49. The Labute approximate surface area is 149 Å². The second kappa shape index (κ2) is 8.68. The zero-order valence-corrected chi connectivity index (χ0v) is 14.9. The van der Waals surface area contributed by atoms with E-state index >= 15 is 0 Å². The molecule has 0 N–H and O–H groups in total. The van der Waals surface area contributed by atoms with Crippen molar-refractivity contribution in [1.82, 2.24) is 4.90 Å². The SMILES string of the molecule is C#CCC1(C(=O)OC)CCCN(Cc2ccccc2CC(=O)OC)C1. The van der Waals surface area contributed by atoms with Crippen molar-refractivity contribution < 1.29 is 19.1 Å². The Kier molecular flexibility index (Phi) is 6.60. The van der Waals surface area contributed by atoms with Gasteiger partial charge >= 0.3 is 11.9 Å². The molecular weight excluding hydrogens is 318 g/mol. The van der Waals surface area contributed by atoms with Gasteiger partial charge in [-0.15, -0.1) is 12.3 Å². The van der Waals surface area contributed by atoms with E-state index in [2.05, 4.69) is 10.8 Å². The van der Waals surface area contributed by atoms with Crippen LogP contribution in [0.15, 0.2) is 24.3 Å². The first-order valence-electron chi connectivity index (χ1n) is 8.42. The van der Waals surface area contributed by atoms with E-state index in [0.717, 1.165) is 30.5 Å². The summed E-state index contributed by atoms with van der Waals surface area (Å²) >= 11 is 0. The topological polar surface area (TPSA) is 55.8 Å². The third-order valence-corrected chi connectivity index (χ3v) is 4.79. The van der Waals surface area contributed by atoms with E-state index < -0.39 is 5.41 Å². The largest absolute Gasteiger partial charge is 0.469 e. The molecule has 5 heteroatoms. The van der Waals surface area contributed by atoms with Gasteiger partial charge in [-0.05, 0) is 30.5 Å². The Hall–Kier alpha value is -2.32. The van der Waals surface area contributed by atoms with Gasteiger partial charge in [0.15, 0.2) is 0 Å². The maximum Gasteiger partial charge on any atom is 0.314 e. The number of hydrogen-bond donors (Lipinski definition) is 0. The van der Waals surface area contributed by atoms with Crippen molar-refractivity contribution in [2.24, 2.45) is 5.41 Å². The van der Waals surface area contributed by atoms with Crippen molar-refractivity contribution in [3.05, 3.63) is 35.4 Å². The van der Waals surface area contributed by atoms with Crippen LogP contribution in [0.2, 0.25) is 0 Å². The highest BCUT2D eigenvalue weighted by molar-refractivity contribution is 5.77. The second-order valence-electron chi connectivity index (χ2n) is 6.49. The summed E-state index contributed by atoms with van der Waals surface area (Å²) in [6, 6.07) is 7.81. The van der Waals surface area contributed by atoms with Crippen LogP contribution in [0.25, 0.3) is 0 Å². The zero-order chi connectivity index (χ0) is 18.3. The molecule has 25 heavy (non-hydrogen) atoms. The molecular formula is C20H25NO4. The van der Waals surface area contributed by atoms with E-state index in [0.29, 0.717) is 19.5 Å². The van der Waals surface area contributed by atoms with E-state index in [-0.39, 0.29) is 18.4 Å². The van der Waals surface area contributed by atoms with Gasteiger partial charge < -0.3 is 9.47 Å². The number of likely N-dealkylation sites (tertiary alicyclic amines) is 1. The number of carbonyl (C=O) groups is 2. The summed E-state index contributed by atoms with van der Waals surface area (Å²) in [4.78, 5) is 26.2. The van der Waals surface area contributed by atoms with Crippen LogP contribution in [0, 0.1) is 17.8 Å². The van der Waals surface area contributed by atoms with Crippen LogP contribution in [-0.4, -0.2) is 44.1 Å². The lowest BCUT2D eigenvalue weighted by atomic mass is 9.77. The maximum absolute atomic E-state index is 12.3. The molecule has 1 atom stereocenters. The van der Waals surface area contributed by atoms with E-state index in [1.165, 1.54) is 14.2 Å². The molecule has 1 fully saturated rings. The number of methoxy groups -OCH3 is 2.